The molecule has 2 aromatic carbocycles. The summed E-state index contributed by atoms with van der Waals surface area (Å²) in [6.45, 7) is 2.00. The highest BCUT2D eigenvalue weighted by Crippen LogP contribution is 2.21. The van der Waals surface area contributed by atoms with E-state index in [2.05, 4.69) is 41.9 Å². The molecule has 3 aromatic rings. The van der Waals surface area contributed by atoms with Crippen LogP contribution in [0.4, 0.5) is 0 Å². The molecule has 0 spiro atoms. The maximum Gasteiger partial charge on any atom is 0.245 e. The number of rotatable bonds is 25. The standard InChI is InChI=1S/C44H63N13O10/c1-24(2)17-32(40(64)54-31(9-5-15-49-44(47)48)43(67)57-16-6-10-35(57)42(66)51-21-36(46)60)53-37(61)22-52-39(63)33(18-25-11-13-27(59)14-12-25)55-41(65)34(23-58)56-38(62)29(45)19-26-20-50-30-8-4-3-7-28(26)30/h3-4,7-8,11-14,20,24,29,31-35,50,58-59H,5-6,9-10,15-19,21-23,45H2,1-2H3,(H2,46,60)(H,51,66)(H,52,63)(H,53,61)(H,54,64)(H,55,65)(H,56,62)(H4,47,48,49). The van der Waals surface area contributed by atoms with Gasteiger partial charge >= 0.3 is 0 Å². The number of nitrogens with zero attached hydrogens (tertiary/aromatic N) is 2. The Hall–Kier alpha value is -7.27. The fourth-order valence-electron chi connectivity index (χ4n) is 7.52. The number of carbonyl (C=O) groups is 8. The summed E-state index contributed by atoms with van der Waals surface area (Å²) < 4.78 is 0. The van der Waals surface area contributed by atoms with E-state index in [1.807, 2.05) is 38.1 Å². The van der Waals surface area contributed by atoms with Gasteiger partial charge in [-0.05, 0) is 73.8 Å². The zero-order valence-electron chi connectivity index (χ0n) is 37.6. The van der Waals surface area contributed by atoms with Gasteiger partial charge in [-0.1, -0.05) is 44.2 Å². The number of phenolic OH excluding ortho intramolecular Hbond substituents is 1. The average Bonchev–Trinajstić information content (AvgIpc) is 3.95. The van der Waals surface area contributed by atoms with Crippen molar-refractivity contribution < 1.29 is 48.6 Å². The number of aromatic nitrogens is 1. The van der Waals surface area contributed by atoms with Crippen LogP contribution in [0, 0.1) is 5.92 Å². The number of amides is 8. The Morgan fingerprint density at radius 2 is 1.48 bits per heavy atom. The van der Waals surface area contributed by atoms with Gasteiger partial charge in [-0.25, -0.2) is 0 Å². The number of aliphatic imine (C=N–C) groups is 1. The Morgan fingerprint density at radius 3 is 2.15 bits per heavy atom. The fourth-order valence-corrected chi connectivity index (χ4v) is 7.52. The second kappa shape index (κ2) is 25.4. The second-order valence-electron chi connectivity index (χ2n) is 16.7. The highest BCUT2D eigenvalue weighted by Gasteiger charge is 2.38. The van der Waals surface area contributed by atoms with Crippen molar-refractivity contribution in [3.05, 3.63) is 65.9 Å². The lowest BCUT2D eigenvalue weighted by Gasteiger charge is -2.30. The van der Waals surface area contributed by atoms with Gasteiger partial charge in [0.2, 0.25) is 47.3 Å². The summed E-state index contributed by atoms with van der Waals surface area (Å²) >= 11 is 0. The predicted octanol–water partition coefficient (Wildman–Crippen LogP) is -3.27. The Morgan fingerprint density at radius 1 is 0.806 bits per heavy atom. The predicted molar refractivity (Wildman–Crippen MR) is 246 cm³/mol. The number of aromatic hydroxyl groups is 1. The van der Waals surface area contributed by atoms with Gasteiger partial charge in [-0.3, -0.25) is 43.3 Å². The molecule has 6 unspecified atom stereocenters. The minimum absolute atomic E-state index is 0.0520. The van der Waals surface area contributed by atoms with Gasteiger partial charge in [-0.15, -0.1) is 0 Å². The molecule has 0 aliphatic carbocycles. The van der Waals surface area contributed by atoms with Gasteiger partial charge in [0, 0.05) is 36.6 Å². The first-order chi connectivity index (χ1) is 31.9. The number of nitrogens with two attached hydrogens (primary N) is 4. The molecule has 1 aromatic heterocycles. The Labute approximate surface area is 387 Å². The fraction of sp³-hybridized carbons (Fsp3) is 0.477. The molecular weight excluding hydrogens is 871 g/mol. The third-order valence-electron chi connectivity index (χ3n) is 10.9. The van der Waals surface area contributed by atoms with Crippen molar-refractivity contribution in [3.63, 3.8) is 0 Å². The van der Waals surface area contributed by atoms with Crippen molar-refractivity contribution in [3.8, 4) is 5.75 Å². The van der Waals surface area contributed by atoms with Gasteiger partial charge in [0.05, 0.1) is 25.7 Å². The summed E-state index contributed by atoms with van der Waals surface area (Å²) in [6, 6.07) is 5.92. The van der Waals surface area contributed by atoms with Crippen LogP contribution < -0.4 is 54.8 Å². The topological polar surface area (TPSA) is 385 Å². The first-order valence-corrected chi connectivity index (χ1v) is 22.0. The van der Waals surface area contributed by atoms with Gasteiger partial charge < -0.3 is 74.9 Å². The lowest BCUT2D eigenvalue weighted by atomic mass is 10.0. The Kier molecular flexibility index (Phi) is 19.9. The minimum Gasteiger partial charge on any atom is -0.508 e. The van der Waals surface area contributed by atoms with E-state index in [-0.39, 0.29) is 62.8 Å². The van der Waals surface area contributed by atoms with Crippen molar-refractivity contribution in [1.82, 2.24) is 41.8 Å². The summed E-state index contributed by atoms with van der Waals surface area (Å²) in [4.78, 5) is 114. The molecule has 0 radical (unpaired) electrons. The van der Waals surface area contributed by atoms with E-state index in [9.17, 15) is 48.6 Å². The van der Waals surface area contributed by atoms with E-state index in [4.69, 9.17) is 22.9 Å². The number of aliphatic hydroxyl groups excluding tert-OH is 1. The first-order valence-electron chi connectivity index (χ1n) is 22.0. The monoisotopic (exact) mass is 933 g/mol. The Bertz CT molecular complexity index is 2250. The van der Waals surface area contributed by atoms with Crippen LogP contribution >= 0.6 is 0 Å². The first kappa shape index (κ1) is 52.4. The molecule has 364 valence electrons. The van der Waals surface area contributed by atoms with Crippen molar-refractivity contribution in [2.24, 2.45) is 33.8 Å². The second-order valence-corrected chi connectivity index (χ2v) is 16.7. The molecule has 6 atom stereocenters. The van der Waals surface area contributed by atoms with E-state index in [0.717, 1.165) is 16.5 Å². The maximum absolute atomic E-state index is 14.0. The number of H-pyrrole nitrogens is 1. The molecule has 1 aliphatic heterocycles. The number of aliphatic hydroxyl groups is 1. The van der Waals surface area contributed by atoms with Crippen LogP contribution in [0.15, 0.2) is 59.7 Å². The van der Waals surface area contributed by atoms with Crippen molar-refractivity contribution >= 4 is 64.1 Å². The molecule has 2 heterocycles. The zero-order valence-corrected chi connectivity index (χ0v) is 37.6. The van der Waals surface area contributed by atoms with Crippen LogP contribution in [0.25, 0.3) is 10.9 Å². The molecule has 1 fully saturated rings. The smallest absolute Gasteiger partial charge is 0.245 e. The van der Waals surface area contributed by atoms with Crippen molar-refractivity contribution in [1.29, 1.82) is 0 Å². The summed E-state index contributed by atoms with van der Waals surface area (Å²) in [5.74, 6) is -6.31. The molecule has 1 aliphatic rings. The number of nitrogens with one attached hydrogen (secondary N) is 7. The number of hydrogen-bond acceptors (Lipinski definition) is 12. The molecule has 0 bridgehead atoms. The normalized spacial score (nSPS) is 15.6. The van der Waals surface area contributed by atoms with Crippen LogP contribution in [0.2, 0.25) is 0 Å². The highest BCUT2D eigenvalue weighted by atomic mass is 16.3. The summed E-state index contributed by atoms with van der Waals surface area (Å²) in [7, 11) is 0. The quantitative estimate of drug-likeness (QED) is 0.0226. The molecule has 4 rings (SSSR count). The number of carbonyl (C=O) groups excluding carboxylic acids is 8. The maximum atomic E-state index is 14.0. The number of hydrogen-bond donors (Lipinski definition) is 13. The van der Waals surface area contributed by atoms with E-state index in [0.29, 0.717) is 18.4 Å². The number of likely N-dealkylation sites (tertiary alicyclic amines) is 1. The molecular formula is C44H63N13O10. The van der Waals surface area contributed by atoms with Gasteiger partial charge in [-0.2, -0.15) is 0 Å². The number of primary amides is 1. The van der Waals surface area contributed by atoms with Gasteiger partial charge in [0.15, 0.2) is 5.96 Å². The van der Waals surface area contributed by atoms with Gasteiger partial charge in [0.1, 0.15) is 36.0 Å². The van der Waals surface area contributed by atoms with Crippen LogP contribution in [0.3, 0.4) is 0 Å². The number of phenols is 1. The largest absolute Gasteiger partial charge is 0.508 e. The van der Waals surface area contributed by atoms with Crippen molar-refractivity contribution in [2.45, 2.75) is 95.0 Å². The van der Waals surface area contributed by atoms with Crippen LogP contribution in [-0.2, 0) is 51.2 Å². The zero-order chi connectivity index (χ0) is 49.2. The van der Waals surface area contributed by atoms with E-state index in [1.54, 1.807) is 6.20 Å². The highest BCUT2D eigenvalue weighted by molar-refractivity contribution is 5.97. The summed E-state index contributed by atoms with van der Waals surface area (Å²) in [6.07, 6.45) is 2.90. The molecule has 23 nitrogen and oxygen atoms in total. The lowest BCUT2D eigenvalue weighted by Crippen LogP contribution is -2.58. The molecule has 67 heavy (non-hydrogen) atoms. The summed E-state index contributed by atoms with van der Waals surface area (Å²) in [5, 5.41) is 36.0. The van der Waals surface area contributed by atoms with E-state index in [1.165, 1.54) is 29.2 Å². The van der Waals surface area contributed by atoms with Crippen molar-refractivity contribution in [2.75, 3.05) is 32.8 Å². The molecule has 0 saturated carbocycles. The summed E-state index contributed by atoms with van der Waals surface area (Å²) in [5.41, 5.74) is 24.4. The third kappa shape index (κ3) is 16.3. The number of para-hydroxylation sites is 1. The molecule has 8 amide bonds. The number of benzene rings is 2. The molecule has 1 saturated heterocycles. The van der Waals surface area contributed by atoms with Gasteiger partial charge in [0.25, 0.3) is 0 Å². The number of guanidine groups is 1. The minimum atomic E-state index is -1.52. The van der Waals surface area contributed by atoms with Crippen LogP contribution in [0.5, 0.6) is 5.75 Å². The SMILES string of the molecule is CC(C)CC(NC(=O)CNC(=O)C(Cc1ccc(O)cc1)NC(=O)C(CO)NC(=O)C(N)Cc1c[nH]c2ccccc12)C(=O)NC(CCCN=C(N)N)C(=O)N1CCCC1C(=O)NCC(N)=O. The number of aromatic amines is 1. The lowest BCUT2D eigenvalue weighted by molar-refractivity contribution is -0.142. The van der Waals surface area contributed by atoms with E-state index >= 15 is 0 Å². The molecule has 23 heteroatoms. The van der Waals surface area contributed by atoms with E-state index < -0.39 is 103 Å². The Balaban J connectivity index is 1.43. The van der Waals surface area contributed by atoms with Crippen LogP contribution in [0.1, 0.15) is 57.1 Å². The third-order valence-corrected chi connectivity index (χ3v) is 10.9. The molecule has 17 N–H and O–H groups in total. The number of fused-ring (bicyclic) bond motifs is 1. The van der Waals surface area contributed by atoms with Crippen LogP contribution in [-0.4, -0.2) is 142 Å². The average molecular weight is 934 g/mol.